The van der Waals surface area contributed by atoms with Crippen LogP contribution in [0.2, 0.25) is 0 Å². The first-order valence-corrected chi connectivity index (χ1v) is 5.28. The van der Waals surface area contributed by atoms with Crippen LogP contribution in [-0.4, -0.2) is 25.0 Å². The number of amides is 1. The Morgan fingerprint density at radius 2 is 2.23 bits per heavy atom. The van der Waals surface area contributed by atoms with Crippen molar-refractivity contribution in [3.8, 4) is 0 Å². The molecule has 3 nitrogen and oxygen atoms in total. The molecule has 0 aromatic carbocycles. The van der Waals surface area contributed by atoms with E-state index in [9.17, 15) is 4.79 Å². The molecule has 2 rings (SSSR count). The molecule has 0 aromatic heterocycles. The Morgan fingerprint density at radius 1 is 1.46 bits per heavy atom. The zero-order valence-electron chi connectivity index (χ0n) is 8.18. The van der Waals surface area contributed by atoms with Crippen molar-refractivity contribution in [2.24, 2.45) is 11.8 Å². The third-order valence-corrected chi connectivity index (χ3v) is 3.13. The predicted octanol–water partition coefficient (Wildman–Crippen LogP) is 0.511. The van der Waals surface area contributed by atoms with Gasteiger partial charge in [0.15, 0.2) is 0 Å². The first-order valence-electron chi connectivity index (χ1n) is 5.28. The lowest BCUT2D eigenvalue weighted by molar-refractivity contribution is -0.125. The zero-order valence-corrected chi connectivity index (χ0v) is 8.18. The number of carbonyl (C=O) groups excluding carboxylic acids is 1. The van der Waals surface area contributed by atoms with E-state index in [0.717, 1.165) is 25.4 Å². The number of hydrogen-bond acceptors (Lipinski definition) is 2. The third kappa shape index (κ3) is 2.21. The average molecular weight is 182 g/mol. The van der Waals surface area contributed by atoms with E-state index in [0.29, 0.717) is 6.04 Å². The Morgan fingerprint density at radius 3 is 2.77 bits per heavy atom. The van der Waals surface area contributed by atoms with E-state index in [2.05, 4.69) is 17.6 Å². The van der Waals surface area contributed by atoms with Crippen LogP contribution in [0.15, 0.2) is 0 Å². The summed E-state index contributed by atoms with van der Waals surface area (Å²) in [5.74, 6) is 1.24. The molecule has 0 bridgehead atoms. The minimum absolute atomic E-state index is 0.223. The van der Waals surface area contributed by atoms with Gasteiger partial charge in [0.25, 0.3) is 0 Å². The topological polar surface area (TPSA) is 41.1 Å². The largest absolute Gasteiger partial charge is 0.353 e. The average Bonchev–Trinajstić information content (AvgIpc) is 2.81. The zero-order chi connectivity index (χ0) is 9.26. The summed E-state index contributed by atoms with van der Waals surface area (Å²) < 4.78 is 0. The molecule has 3 heteroatoms. The highest BCUT2D eigenvalue weighted by atomic mass is 16.2. The van der Waals surface area contributed by atoms with Gasteiger partial charge in [-0.3, -0.25) is 4.79 Å². The Bertz CT molecular complexity index is 195. The summed E-state index contributed by atoms with van der Waals surface area (Å²) in [5, 5.41) is 6.32. The van der Waals surface area contributed by atoms with E-state index in [1.165, 1.54) is 12.8 Å². The molecule has 2 fully saturated rings. The van der Waals surface area contributed by atoms with Gasteiger partial charge in [0.2, 0.25) is 5.91 Å². The standard InChI is InChI=1S/C10H18N2O/c1-7(8-2-3-8)12-10(13)9-4-5-11-6-9/h7-9,11H,2-6H2,1H3,(H,12,13)/t7?,9-/m0/s1. The van der Waals surface area contributed by atoms with E-state index in [1.54, 1.807) is 0 Å². The van der Waals surface area contributed by atoms with E-state index < -0.39 is 0 Å². The molecule has 1 aliphatic carbocycles. The fourth-order valence-corrected chi connectivity index (χ4v) is 1.93. The highest BCUT2D eigenvalue weighted by Gasteiger charge is 2.31. The highest BCUT2D eigenvalue weighted by Crippen LogP contribution is 2.32. The second kappa shape index (κ2) is 3.66. The molecular formula is C10H18N2O. The number of nitrogens with one attached hydrogen (secondary N) is 2. The summed E-state index contributed by atoms with van der Waals surface area (Å²) >= 11 is 0. The van der Waals surface area contributed by atoms with Crippen molar-refractivity contribution in [3.05, 3.63) is 0 Å². The Balaban J connectivity index is 1.76. The smallest absolute Gasteiger partial charge is 0.224 e. The van der Waals surface area contributed by atoms with Crippen LogP contribution in [0.4, 0.5) is 0 Å². The first-order chi connectivity index (χ1) is 6.27. The molecular weight excluding hydrogens is 164 g/mol. The summed E-state index contributed by atoms with van der Waals surface area (Å²) in [6, 6.07) is 0.396. The Kier molecular flexibility index (Phi) is 2.54. The Hall–Kier alpha value is -0.570. The van der Waals surface area contributed by atoms with E-state index in [1.807, 2.05) is 0 Å². The summed E-state index contributed by atoms with van der Waals surface area (Å²) in [7, 11) is 0. The minimum Gasteiger partial charge on any atom is -0.353 e. The minimum atomic E-state index is 0.223. The summed E-state index contributed by atoms with van der Waals surface area (Å²) in [6.45, 7) is 3.98. The first kappa shape index (κ1) is 9.00. The molecule has 2 aliphatic rings. The van der Waals surface area contributed by atoms with Gasteiger partial charge in [0, 0.05) is 12.6 Å². The molecule has 2 atom stereocenters. The summed E-state index contributed by atoms with van der Waals surface area (Å²) in [4.78, 5) is 11.6. The number of rotatable bonds is 3. The molecule has 0 radical (unpaired) electrons. The van der Waals surface area contributed by atoms with Gasteiger partial charge < -0.3 is 10.6 Å². The quantitative estimate of drug-likeness (QED) is 0.667. The molecule has 1 amide bonds. The molecule has 0 spiro atoms. The van der Waals surface area contributed by atoms with Gasteiger partial charge in [-0.25, -0.2) is 0 Å². The van der Waals surface area contributed by atoms with Gasteiger partial charge in [-0.1, -0.05) is 0 Å². The van der Waals surface area contributed by atoms with Gasteiger partial charge in [-0.2, -0.15) is 0 Å². The van der Waals surface area contributed by atoms with Crippen molar-refractivity contribution in [2.75, 3.05) is 13.1 Å². The third-order valence-electron chi connectivity index (χ3n) is 3.13. The summed E-state index contributed by atoms with van der Waals surface area (Å²) in [5.41, 5.74) is 0. The normalized spacial score (nSPS) is 30.1. The van der Waals surface area contributed by atoms with Crippen LogP contribution in [0.5, 0.6) is 0 Å². The SMILES string of the molecule is CC(NC(=O)[C@H]1CCNC1)C1CC1. The van der Waals surface area contributed by atoms with Crippen LogP contribution in [0.25, 0.3) is 0 Å². The molecule has 13 heavy (non-hydrogen) atoms. The van der Waals surface area contributed by atoms with E-state index >= 15 is 0 Å². The van der Waals surface area contributed by atoms with E-state index in [-0.39, 0.29) is 11.8 Å². The van der Waals surface area contributed by atoms with Gasteiger partial charge >= 0.3 is 0 Å². The van der Waals surface area contributed by atoms with Crippen molar-refractivity contribution in [1.82, 2.24) is 10.6 Å². The molecule has 1 saturated carbocycles. The second-order valence-corrected chi connectivity index (χ2v) is 4.32. The molecule has 2 N–H and O–H groups in total. The summed E-state index contributed by atoms with van der Waals surface area (Å²) in [6.07, 6.45) is 3.60. The molecule has 1 heterocycles. The van der Waals surface area contributed by atoms with Gasteiger partial charge in [-0.15, -0.1) is 0 Å². The van der Waals surface area contributed by atoms with Gasteiger partial charge in [0.05, 0.1) is 5.92 Å². The van der Waals surface area contributed by atoms with Crippen molar-refractivity contribution in [2.45, 2.75) is 32.2 Å². The van der Waals surface area contributed by atoms with Crippen LogP contribution in [0.1, 0.15) is 26.2 Å². The van der Waals surface area contributed by atoms with Gasteiger partial charge in [0.1, 0.15) is 0 Å². The Labute approximate surface area is 79.3 Å². The van der Waals surface area contributed by atoms with E-state index in [4.69, 9.17) is 0 Å². The fourth-order valence-electron chi connectivity index (χ4n) is 1.93. The fraction of sp³-hybridized carbons (Fsp3) is 0.900. The highest BCUT2D eigenvalue weighted by molar-refractivity contribution is 5.79. The maximum Gasteiger partial charge on any atom is 0.224 e. The van der Waals surface area contributed by atoms with Crippen molar-refractivity contribution < 1.29 is 4.79 Å². The van der Waals surface area contributed by atoms with Crippen LogP contribution in [0.3, 0.4) is 0 Å². The van der Waals surface area contributed by atoms with Crippen LogP contribution in [-0.2, 0) is 4.79 Å². The molecule has 74 valence electrons. The lowest BCUT2D eigenvalue weighted by Crippen LogP contribution is -2.39. The maximum atomic E-state index is 11.6. The lowest BCUT2D eigenvalue weighted by atomic mass is 10.1. The molecule has 1 unspecified atom stereocenters. The second-order valence-electron chi connectivity index (χ2n) is 4.32. The predicted molar refractivity (Wildman–Crippen MR) is 51.3 cm³/mol. The monoisotopic (exact) mass is 182 g/mol. The van der Waals surface area contributed by atoms with Crippen LogP contribution in [0, 0.1) is 11.8 Å². The molecule has 1 aliphatic heterocycles. The molecule has 0 aromatic rings. The maximum absolute atomic E-state index is 11.6. The van der Waals surface area contributed by atoms with Crippen molar-refractivity contribution in [3.63, 3.8) is 0 Å². The van der Waals surface area contributed by atoms with Crippen LogP contribution < -0.4 is 10.6 Å². The molecule has 1 saturated heterocycles. The lowest BCUT2D eigenvalue weighted by Gasteiger charge is -2.15. The number of carbonyl (C=O) groups is 1. The number of hydrogen-bond donors (Lipinski definition) is 2. The van der Waals surface area contributed by atoms with Crippen molar-refractivity contribution >= 4 is 5.91 Å². The van der Waals surface area contributed by atoms with Crippen molar-refractivity contribution in [1.29, 1.82) is 0 Å². The van der Waals surface area contributed by atoms with Gasteiger partial charge in [-0.05, 0) is 38.6 Å². The van der Waals surface area contributed by atoms with Crippen LogP contribution >= 0.6 is 0 Å².